The fourth-order valence-corrected chi connectivity index (χ4v) is 3.60. The Labute approximate surface area is 151 Å². The molecule has 2 aromatic rings. The molecule has 1 aliphatic rings. The summed E-state index contributed by atoms with van der Waals surface area (Å²) in [7, 11) is 0. The highest BCUT2D eigenvalue weighted by Gasteiger charge is 2.21. The number of benzene rings is 2. The molecule has 6 heteroatoms. The van der Waals surface area contributed by atoms with Gasteiger partial charge < -0.3 is 16.4 Å². The van der Waals surface area contributed by atoms with Gasteiger partial charge in [-0.2, -0.15) is 11.8 Å². The average molecular weight is 355 g/mol. The van der Waals surface area contributed by atoms with E-state index in [1.165, 1.54) is 22.3 Å². The van der Waals surface area contributed by atoms with E-state index >= 15 is 0 Å². The van der Waals surface area contributed by atoms with E-state index in [2.05, 4.69) is 22.8 Å². The number of fused-ring (bicyclic) bond motifs is 3. The largest absolute Gasteiger partial charge is 0.352 e. The summed E-state index contributed by atoms with van der Waals surface area (Å²) in [6, 6.07) is 12.9. The van der Waals surface area contributed by atoms with E-state index < -0.39 is 12.1 Å². The third-order valence-electron chi connectivity index (χ3n) is 4.30. The van der Waals surface area contributed by atoms with Gasteiger partial charge in [-0.15, -0.1) is 0 Å². The first-order chi connectivity index (χ1) is 12.1. The van der Waals surface area contributed by atoms with Crippen molar-refractivity contribution in [3.63, 3.8) is 0 Å². The third-order valence-corrected chi connectivity index (χ3v) is 4.95. The molecule has 0 saturated carbocycles. The van der Waals surface area contributed by atoms with Crippen molar-refractivity contribution in [1.29, 1.82) is 0 Å². The molecule has 25 heavy (non-hydrogen) atoms. The highest BCUT2D eigenvalue weighted by molar-refractivity contribution is 7.98. The van der Waals surface area contributed by atoms with E-state index in [-0.39, 0.29) is 5.91 Å². The van der Waals surface area contributed by atoms with Crippen LogP contribution in [0.1, 0.15) is 17.5 Å². The van der Waals surface area contributed by atoms with E-state index in [0.29, 0.717) is 6.42 Å². The number of nitrogens with two attached hydrogens (primary N) is 1. The molecule has 0 radical (unpaired) electrons. The standard InChI is InChI=1S/C19H21N3O2S/c1-25-9-8-17(22-19(20)24)18(23)21-14-6-7-16-13(11-14)10-12-4-2-3-5-15(12)16/h2-7,11,17H,8-10H2,1H3,(H,21,23)(H3,20,22,24)/t17-/m0/s1. The van der Waals surface area contributed by atoms with Gasteiger partial charge in [-0.05, 0) is 59.2 Å². The van der Waals surface area contributed by atoms with Gasteiger partial charge in [-0.1, -0.05) is 30.3 Å². The third kappa shape index (κ3) is 3.96. The summed E-state index contributed by atoms with van der Waals surface area (Å²) < 4.78 is 0. The number of carbonyl (C=O) groups excluding carboxylic acids is 2. The maximum Gasteiger partial charge on any atom is 0.312 e. The number of urea groups is 1. The van der Waals surface area contributed by atoms with Gasteiger partial charge in [0.15, 0.2) is 0 Å². The zero-order chi connectivity index (χ0) is 17.8. The summed E-state index contributed by atoms with van der Waals surface area (Å²) in [5.74, 6) is 0.515. The molecule has 4 N–H and O–H groups in total. The topological polar surface area (TPSA) is 84.2 Å². The first kappa shape index (κ1) is 17.4. The first-order valence-corrected chi connectivity index (χ1v) is 9.55. The van der Waals surface area contributed by atoms with Crippen molar-refractivity contribution in [2.24, 2.45) is 5.73 Å². The number of hydrogen-bond donors (Lipinski definition) is 3. The Hall–Kier alpha value is -2.47. The van der Waals surface area contributed by atoms with Crippen molar-refractivity contribution in [3.8, 4) is 11.1 Å². The zero-order valence-electron chi connectivity index (χ0n) is 14.0. The Bertz CT molecular complexity index is 807. The van der Waals surface area contributed by atoms with Crippen LogP contribution < -0.4 is 16.4 Å². The van der Waals surface area contributed by atoms with Gasteiger partial charge in [0.1, 0.15) is 6.04 Å². The van der Waals surface area contributed by atoms with Crippen LogP contribution in [0.15, 0.2) is 42.5 Å². The van der Waals surface area contributed by atoms with Crippen molar-refractivity contribution < 1.29 is 9.59 Å². The van der Waals surface area contributed by atoms with Crippen LogP contribution >= 0.6 is 11.8 Å². The van der Waals surface area contributed by atoms with Crippen molar-refractivity contribution in [2.45, 2.75) is 18.9 Å². The molecule has 3 rings (SSSR count). The first-order valence-electron chi connectivity index (χ1n) is 8.15. The second-order valence-electron chi connectivity index (χ2n) is 6.04. The van der Waals surface area contributed by atoms with E-state index in [0.717, 1.165) is 17.9 Å². The fourth-order valence-electron chi connectivity index (χ4n) is 3.13. The van der Waals surface area contributed by atoms with E-state index in [1.54, 1.807) is 11.8 Å². The van der Waals surface area contributed by atoms with Crippen molar-refractivity contribution >= 4 is 29.4 Å². The van der Waals surface area contributed by atoms with Crippen LogP contribution in [0.3, 0.4) is 0 Å². The lowest BCUT2D eigenvalue weighted by atomic mass is 10.1. The fraction of sp³-hybridized carbons (Fsp3) is 0.263. The molecule has 0 saturated heterocycles. The molecule has 0 bridgehead atoms. The lowest BCUT2D eigenvalue weighted by Gasteiger charge is -2.17. The molecule has 2 aromatic carbocycles. The van der Waals surface area contributed by atoms with E-state index in [1.807, 2.05) is 36.6 Å². The highest BCUT2D eigenvalue weighted by atomic mass is 32.2. The minimum absolute atomic E-state index is 0.247. The number of carbonyl (C=O) groups is 2. The van der Waals surface area contributed by atoms with Crippen LogP contribution in [-0.2, 0) is 11.2 Å². The normalized spacial score (nSPS) is 12.8. The SMILES string of the molecule is CSCC[C@H](NC(N)=O)C(=O)Nc1ccc2c(c1)Cc1ccccc1-2. The van der Waals surface area contributed by atoms with E-state index in [4.69, 9.17) is 5.73 Å². The monoisotopic (exact) mass is 355 g/mol. The molecular weight excluding hydrogens is 334 g/mol. The Balaban J connectivity index is 1.74. The second-order valence-corrected chi connectivity index (χ2v) is 7.02. The van der Waals surface area contributed by atoms with Gasteiger partial charge in [0.05, 0.1) is 0 Å². The summed E-state index contributed by atoms with van der Waals surface area (Å²) in [6.07, 6.45) is 3.36. The highest BCUT2D eigenvalue weighted by Crippen LogP contribution is 2.37. The van der Waals surface area contributed by atoms with Crippen molar-refractivity contribution in [3.05, 3.63) is 53.6 Å². The number of anilines is 1. The predicted molar refractivity (Wildman–Crippen MR) is 103 cm³/mol. The van der Waals surface area contributed by atoms with Gasteiger partial charge in [-0.25, -0.2) is 4.79 Å². The van der Waals surface area contributed by atoms with Gasteiger partial charge >= 0.3 is 6.03 Å². The summed E-state index contributed by atoms with van der Waals surface area (Å²) in [5.41, 5.74) is 10.9. The van der Waals surface area contributed by atoms with Crippen molar-refractivity contribution in [1.82, 2.24) is 5.32 Å². The minimum atomic E-state index is -0.689. The summed E-state index contributed by atoms with van der Waals surface area (Å²) in [6.45, 7) is 0. The number of thioether (sulfide) groups is 1. The molecule has 0 fully saturated rings. The predicted octanol–water partition coefficient (Wildman–Crippen LogP) is 2.99. The second kappa shape index (κ2) is 7.61. The molecule has 3 amide bonds. The lowest BCUT2D eigenvalue weighted by molar-refractivity contribution is -0.117. The van der Waals surface area contributed by atoms with Crippen LogP contribution in [0.4, 0.5) is 10.5 Å². The molecule has 0 aliphatic heterocycles. The molecule has 0 heterocycles. The molecule has 1 aliphatic carbocycles. The summed E-state index contributed by atoms with van der Waals surface area (Å²) in [5, 5.41) is 5.41. The molecule has 0 spiro atoms. The van der Waals surface area contributed by atoms with Gasteiger partial charge in [0.2, 0.25) is 5.91 Å². The van der Waals surface area contributed by atoms with Gasteiger partial charge in [-0.3, -0.25) is 4.79 Å². The molecular formula is C19H21N3O2S. The molecule has 1 atom stereocenters. The van der Waals surface area contributed by atoms with Crippen LogP contribution in [0.5, 0.6) is 0 Å². The van der Waals surface area contributed by atoms with Gasteiger partial charge in [0.25, 0.3) is 0 Å². The number of primary amides is 1. The summed E-state index contributed by atoms with van der Waals surface area (Å²) in [4.78, 5) is 23.6. The quantitative estimate of drug-likeness (QED) is 0.635. The zero-order valence-corrected chi connectivity index (χ0v) is 14.9. The van der Waals surface area contributed by atoms with E-state index in [9.17, 15) is 9.59 Å². The molecule has 5 nitrogen and oxygen atoms in total. The number of nitrogens with one attached hydrogen (secondary N) is 2. The van der Waals surface area contributed by atoms with Crippen LogP contribution in [-0.4, -0.2) is 30.0 Å². The van der Waals surface area contributed by atoms with Crippen molar-refractivity contribution in [2.75, 3.05) is 17.3 Å². The Morgan fingerprint density at radius 2 is 1.92 bits per heavy atom. The summed E-state index contributed by atoms with van der Waals surface area (Å²) >= 11 is 1.62. The number of hydrogen-bond acceptors (Lipinski definition) is 3. The molecule has 130 valence electrons. The number of amides is 3. The van der Waals surface area contributed by atoms with Crippen LogP contribution in [0.25, 0.3) is 11.1 Å². The maximum atomic E-state index is 12.5. The average Bonchev–Trinajstić information content (AvgIpc) is 2.95. The Kier molecular flexibility index (Phi) is 5.28. The lowest BCUT2D eigenvalue weighted by Crippen LogP contribution is -2.46. The smallest absolute Gasteiger partial charge is 0.312 e. The Morgan fingerprint density at radius 1 is 1.16 bits per heavy atom. The Morgan fingerprint density at radius 3 is 2.68 bits per heavy atom. The molecule has 0 unspecified atom stereocenters. The minimum Gasteiger partial charge on any atom is -0.352 e. The maximum absolute atomic E-state index is 12.5. The molecule has 0 aromatic heterocycles. The van der Waals surface area contributed by atoms with Crippen LogP contribution in [0, 0.1) is 0 Å². The van der Waals surface area contributed by atoms with Crippen LogP contribution in [0.2, 0.25) is 0 Å². The number of rotatable bonds is 6. The van der Waals surface area contributed by atoms with Gasteiger partial charge in [0, 0.05) is 5.69 Å².